The summed E-state index contributed by atoms with van der Waals surface area (Å²) in [5.74, 6) is -0.718. The zero-order valence-electron chi connectivity index (χ0n) is 19.8. The molecule has 0 spiro atoms. The second-order valence-electron chi connectivity index (χ2n) is 10.4. The van der Waals surface area contributed by atoms with Crippen LogP contribution in [0.3, 0.4) is 0 Å². The van der Waals surface area contributed by atoms with Crippen molar-refractivity contribution in [2.75, 3.05) is 6.61 Å². The highest BCUT2D eigenvalue weighted by atomic mass is 28.4. The Morgan fingerprint density at radius 3 is 2.42 bits per heavy atom. The van der Waals surface area contributed by atoms with Crippen LogP contribution in [0.1, 0.15) is 46.3 Å². The quantitative estimate of drug-likeness (QED) is 0.485. The van der Waals surface area contributed by atoms with E-state index in [-0.39, 0.29) is 17.2 Å². The molecule has 0 bridgehead atoms. The van der Waals surface area contributed by atoms with Gasteiger partial charge in [0.1, 0.15) is 30.5 Å². The molecule has 2 saturated heterocycles. The highest BCUT2D eigenvalue weighted by Gasteiger charge is 2.55. The van der Waals surface area contributed by atoms with E-state index in [4.69, 9.17) is 23.4 Å². The number of rotatable bonds is 7. The van der Waals surface area contributed by atoms with Crippen molar-refractivity contribution < 1.29 is 28.5 Å². The normalized spacial score (nSPS) is 30.5. The van der Waals surface area contributed by atoms with Gasteiger partial charge in [0.15, 0.2) is 20.4 Å². The number of ether oxygens (including phenoxy) is 4. The van der Waals surface area contributed by atoms with E-state index in [0.29, 0.717) is 6.61 Å². The van der Waals surface area contributed by atoms with Crippen LogP contribution < -0.4 is 0 Å². The van der Waals surface area contributed by atoms with Gasteiger partial charge in [0, 0.05) is 0 Å². The minimum Gasteiger partial charge on any atom is -0.406 e. The van der Waals surface area contributed by atoms with E-state index in [1.54, 1.807) is 6.08 Å². The van der Waals surface area contributed by atoms with Gasteiger partial charge in [0.25, 0.3) is 0 Å². The summed E-state index contributed by atoms with van der Waals surface area (Å²) in [6.07, 6.45) is -1.67. The van der Waals surface area contributed by atoms with E-state index >= 15 is 0 Å². The molecule has 6 nitrogen and oxygen atoms in total. The summed E-state index contributed by atoms with van der Waals surface area (Å²) in [7, 11) is -2.18. The van der Waals surface area contributed by atoms with E-state index in [1.165, 1.54) is 0 Å². The van der Waals surface area contributed by atoms with Gasteiger partial charge in [-0.05, 0) is 37.5 Å². The molecule has 1 aromatic rings. The molecule has 2 heterocycles. The minimum absolute atomic E-state index is 0.000857. The number of hydrogen-bond acceptors (Lipinski definition) is 6. The maximum absolute atomic E-state index is 10.9. The van der Waals surface area contributed by atoms with Gasteiger partial charge in [-0.2, -0.15) is 0 Å². The van der Waals surface area contributed by atoms with E-state index in [2.05, 4.69) is 40.4 Å². The predicted molar refractivity (Wildman–Crippen MR) is 122 cm³/mol. The Morgan fingerprint density at radius 1 is 1.19 bits per heavy atom. The molecular formula is C24H38O6Si. The van der Waals surface area contributed by atoms with E-state index in [9.17, 15) is 5.11 Å². The second-order valence-corrected chi connectivity index (χ2v) is 15.1. The van der Waals surface area contributed by atoms with Gasteiger partial charge in [0.05, 0.1) is 6.61 Å². The van der Waals surface area contributed by atoms with Gasteiger partial charge >= 0.3 is 0 Å². The van der Waals surface area contributed by atoms with E-state index in [0.717, 1.165) is 5.56 Å². The molecule has 7 heteroatoms. The first kappa shape index (κ1) is 24.6. The van der Waals surface area contributed by atoms with Crippen LogP contribution in [0.2, 0.25) is 18.1 Å². The molecule has 0 aliphatic carbocycles. The topological polar surface area (TPSA) is 66.4 Å². The lowest BCUT2D eigenvalue weighted by Crippen LogP contribution is -2.59. The highest BCUT2D eigenvalue weighted by molar-refractivity contribution is 6.74. The summed E-state index contributed by atoms with van der Waals surface area (Å²) in [6, 6.07) is 9.41. The maximum atomic E-state index is 10.9. The van der Waals surface area contributed by atoms with Crippen LogP contribution in [0.25, 0.3) is 0 Å². The third-order valence-corrected chi connectivity index (χ3v) is 10.9. The summed E-state index contributed by atoms with van der Waals surface area (Å²) in [5.41, 5.74) is 0.754. The van der Waals surface area contributed by atoms with Gasteiger partial charge in [0.2, 0.25) is 0 Å². The molecule has 6 atom stereocenters. The largest absolute Gasteiger partial charge is 0.406 e. The van der Waals surface area contributed by atoms with Gasteiger partial charge in [-0.1, -0.05) is 57.2 Å². The van der Waals surface area contributed by atoms with Crippen molar-refractivity contribution in [2.45, 2.75) is 95.3 Å². The van der Waals surface area contributed by atoms with Gasteiger partial charge in [-0.15, -0.1) is 6.58 Å². The second kappa shape index (κ2) is 9.06. The predicted octanol–water partition coefficient (Wildman–Crippen LogP) is 4.56. The number of fused-ring (bicyclic) bond motifs is 1. The van der Waals surface area contributed by atoms with Crippen LogP contribution in [0, 0.1) is 0 Å². The van der Waals surface area contributed by atoms with Crippen LogP contribution in [0.4, 0.5) is 0 Å². The molecular weight excluding hydrogens is 412 g/mol. The van der Waals surface area contributed by atoms with Gasteiger partial charge in [-0.25, -0.2) is 0 Å². The van der Waals surface area contributed by atoms with Crippen molar-refractivity contribution >= 4 is 8.32 Å². The average molecular weight is 451 g/mol. The first-order valence-electron chi connectivity index (χ1n) is 11.0. The molecule has 31 heavy (non-hydrogen) atoms. The third-order valence-electron chi connectivity index (χ3n) is 6.45. The fourth-order valence-electron chi connectivity index (χ4n) is 3.72. The summed E-state index contributed by atoms with van der Waals surface area (Å²) in [6.45, 7) is 19.0. The zero-order valence-corrected chi connectivity index (χ0v) is 20.8. The number of aliphatic hydroxyl groups excluding tert-OH is 1. The first-order chi connectivity index (χ1) is 14.3. The molecule has 174 valence electrons. The molecule has 0 amide bonds. The van der Waals surface area contributed by atoms with Crippen molar-refractivity contribution in [1.82, 2.24) is 0 Å². The summed E-state index contributed by atoms with van der Waals surface area (Å²) < 4.78 is 31.4. The Labute approximate surface area is 187 Å². The fraction of sp³-hybridized carbons (Fsp3) is 0.667. The Bertz CT molecular complexity index is 744. The summed E-state index contributed by atoms with van der Waals surface area (Å²) in [4.78, 5) is 0. The lowest BCUT2D eigenvalue weighted by atomic mass is 10.0. The summed E-state index contributed by atoms with van der Waals surface area (Å²) >= 11 is 0. The van der Waals surface area contributed by atoms with Crippen LogP contribution in [-0.4, -0.2) is 56.5 Å². The SMILES string of the molecule is C=C[C@@H](O[C@@H]1OC[C@H]2OC(C)(C)O[C@H]2[C@@H]1O[Si](C)(C)C(C)(C)C)[C@@H](O)c1ccccc1. The molecule has 3 rings (SSSR count). The highest BCUT2D eigenvalue weighted by Crippen LogP contribution is 2.42. The van der Waals surface area contributed by atoms with E-state index in [1.807, 2.05) is 44.2 Å². The molecule has 0 aromatic heterocycles. The van der Waals surface area contributed by atoms with Gasteiger partial charge in [-0.3, -0.25) is 0 Å². The molecule has 0 saturated carbocycles. The van der Waals surface area contributed by atoms with Crippen LogP contribution in [0.15, 0.2) is 43.0 Å². The fourth-order valence-corrected chi connectivity index (χ4v) is 5.00. The Kier molecular flexibility index (Phi) is 7.18. The first-order valence-corrected chi connectivity index (χ1v) is 13.9. The van der Waals surface area contributed by atoms with Gasteiger partial charge < -0.3 is 28.5 Å². The lowest BCUT2D eigenvalue weighted by Gasteiger charge is -2.45. The third kappa shape index (κ3) is 5.47. The van der Waals surface area contributed by atoms with Crippen molar-refractivity contribution in [3.8, 4) is 0 Å². The maximum Gasteiger partial charge on any atom is 0.192 e. The molecule has 1 aromatic carbocycles. The van der Waals surface area contributed by atoms with Crippen LogP contribution in [-0.2, 0) is 23.4 Å². The Hall–Kier alpha value is -1.06. The molecule has 2 fully saturated rings. The van der Waals surface area contributed by atoms with E-state index < -0.39 is 38.7 Å². The Balaban J connectivity index is 1.85. The smallest absolute Gasteiger partial charge is 0.192 e. The van der Waals surface area contributed by atoms with Crippen molar-refractivity contribution in [3.05, 3.63) is 48.6 Å². The zero-order chi connectivity index (χ0) is 23.0. The molecule has 2 aliphatic heterocycles. The van der Waals surface area contributed by atoms with Crippen molar-refractivity contribution in [3.63, 3.8) is 0 Å². The molecule has 1 N–H and O–H groups in total. The minimum atomic E-state index is -2.18. The van der Waals surface area contributed by atoms with Crippen molar-refractivity contribution in [2.24, 2.45) is 0 Å². The molecule has 0 radical (unpaired) electrons. The van der Waals surface area contributed by atoms with Crippen molar-refractivity contribution in [1.29, 1.82) is 0 Å². The molecule has 0 unspecified atom stereocenters. The van der Waals surface area contributed by atoms with Crippen LogP contribution >= 0.6 is 0 Å². The van der Waals surface area contributed by atoms with Crippen LogP contribution in [0.5, 0.6) is 0 Å². The number of aliphatic hydroxyl groups is 1. The lowest BCUT2D eigenvalue weighted by molar-refractivity contribution is -0.265. The monoisotopic (exact) mass is 450 g/mol. The number of hydrogen-bond donors (Lipinski definition) is 1. The number of benzene rings is 1. The standard InChI is InChI=1S/C24H38O6Si/c1-9-17(19(25)16-13-11-10-12-14-16)27-22-21(30-31(7,8)23(2,3)4)20-18(15-26-22)28-24(5,6)29-20/h9-14,17-22,25H,1,15H2,2-8H3/t17-,18-,19+,20-,21+,22+/m1/s1. The summed E-state index contributed by atoms with van der Waals surface area (Å²) in [5, 5.41) is 10.9. The molecule has 2 aliphatic rings. The Morgan fingerprint density at radius 2 is 1.84 bits per heavy atom. The average Bonchev–Trinajstić information content (AvgIpc) is 3.01.